The number of nitrogens with zero attached hydrogens (tertiary/aromatic N) is 2. The number of hydrogen-bond donors (Lipinski definition) is 3. The minimum atomic E-state index is -0.958. The summed E-state index contributed by atoms with van der Waals surface area (Å²) in [6.07, 6.45) is 0. The Morgan fingerprint density at radius 2 is 1.57 bits per heavy atom. The number of anilines is 2. The van der Waals surface area contributed by atoms with Crippen LogP contribution in [0.15, 0.2) is 72.8 Å². The molecule has 1 aliphatic rings. The second-order valence-corrected chi connectivity index (χ2v) is 9.14. The van der Waals surface area contributed by atoms with Crippen LogP contribution in [0.2, 0.25) is 0 Å². The zero-order valence-electron chi connectivity index (χ0n) is 22.9. The predicted molar refractivity (Wildman–Crippen MR) is 153 cm³/mol. The first-order chi connectivity index (χ1) is 20.5. The third kappa shape index (κ3) is 6.01. The van der Waals surface area contributed by atoms with Crippen LogP contribution in [-0.4, -0.2) is 53.1 Å². The van der Waals surface area contributed by atoms with Gasteiger partial charge < -0.3 is 34.5 Å². The minimum absolute atomic E-state index is 0.00292. The van der Waals surface area contributed by atoms with E-state index in [4.69, 9.17) is 24.1 Å². The summed E-state index contributed by atoms with van der Waals surface area (Å²) >= 11 is 0. The van der Waals surface area contributed by atoms with E-state index in [0.29, 0.717) is 41.9 Å². The molecule has 0 atom stereocenters. The van der Waals surface area contributed by atoms with Gasteiger partial charge in [-0.1, -0.05) is 23.8 Å². The smallest absolute Gasteiger partial charge is 0.201 e. The average Bonchev–Trinajstić information content (AvgIpc) is 3.35. The van der Waals surface area contributed by atoms with Crippen molar-refractivity contribution < 1.29 is 37.9 Å². The van der Waals surface area contributed by atoms with Crippen LogP contribution in [0.25, 0.3) is 16.9 Å². The van der Waals surface area contributed by atoms with Gasteiger partial charge in [-0.25, -0.2) is 18.2 Å². The fourth-order valence-corrected chi connectivity index (χ4v) is 4.45. The molecule has 0 radical (unpaired) electrons. The molecule has 0 fully saturated rings. The van der Waals surface area contributed by atoms with Gasteiger partial charge in [0, 0.05) is 31.0 Å². The van der Waals surface area contributed by atoms with Crippen molar-refractivity contribution in [2.45, 2.75) is 6.92 Å². The first kappa shape index (κ1) is 28.5. The van der Waals surface area contributed by atoms with E-state index >= 15 is 8.78 Å². The van der Waals surface area contributed by atoms with Gasteiger partial charge in [-0.05, 0) is 43.3 Å². The Bertz CT molecular complexity index is 1670. The number of aromatic hydroxyl groups is 1. The Kier molecular flexibility index (Phi) is 8.58. The Hall–Kier alpha value is -5.03. The molecule has 6 rings (SSSR count). The normalized spacial score (nSPS) is 11.9. The van der Waals surface area contributed by atoms with E-state index in [1.54, 1.807) is 40.8 Å². The molecule has 11 heteroatoms. The largest absolute Gasteiger partial charge is 0.508 e. The number of rotatable bonds is 8. The molecule has 0 saturated heterocycles. The number of hydrogen-bond acceptors (Lipinski definition) is 8. The maximum Gasteiger partial charge on any atom is 0.201 e. The highest BCUT2D eigenvalue weighted by atomic mass is 19.1. The van der Waals surface area contributed by atoms with E-state index in [1.165, 1.54) is 0 Å². The SMILES string of the molecule is CO.Cc1ccc(OCCOc2cccc3nc(-c4c(F)cc(O)cc4F)c(Nc4ccc5c(c4)OCCO5)n23)cc1. The molecule has 5 aromatic rings. The van der Waals surface area contributed by atoms with Crippen LogP contribution in [-0.2, 0) is 0 Å². The van der Waals surface area contributed by atoms with Gasteiger partial charge in [-0.15, -0.1) is 0 Å². The van der Waals surface area contributed by atoms with Crippen LogP contribution in [0.4, 0.5) is 20.3 Å². The van der Waals surface area contributed by atoms with Crippen LogP contribution in [0.3, 0.4) is 0 Å². The van der Waals surface area contributed by atoms with Crippen LogP contribution < -0.4 is 24.3 Å². The van der Waals surface area contributed by atoms with Gasteiger partial charge in [-0.2, -0.15) is 0 Å². The maximum absolute atomic E-state index is 15.0. The maximum atomic E-state index is 15.0. The third-order valence-corrected chi connectivity index (χ3v) is 6.30. The fourth-order valence-electron chi connectivity index (χ4n) is 4.45. The van der Waals surface area contributed by atoms with Gasteiger partial charge in [0.05, 0.1) is 5.56 Å². The molecule has 3 heterocycles. The summed E-state index contributed by atoms with van der Waals surface area (Å²) in [5.41, 5.74) is 1.70. The molecule has 42 heavy (non-hydrogen) atoms. The van der Waals surface area contributed by atoms with Gasteiger partial charge >= 0.3 is 0 Å². The number of imidazole rings is 1. The Balaban J connectivity index is 0.00000173. The number of ether oxygens (including phenoxy) is 4. The topological polar surface area (TPSA) is 107 Å². The van der Waals surface area contributed by atoms with Crippen LogP contribution >= 0.6 is 0 Å². The van der Waals surface area contributed by atoms with Gasteiger partial charge in [0.2, 0.25) is 5.88 Å². The van der Waals surface area contributed by atoms with E-state index in [1.807, 2.05) is 31.2 Å². The molecule has 0 amide bonds. The van der Waals surface area contributed by atoms with Crippen molar-refractivity contribution >= 4 is 17.2 Å². The van der Waals surface area contributed by atoms with E-state index in [2.05, 4.69) is 10.3 Å². The summed E-state index contributed by atoms with van der Waals surface area (Å²) in [5.74, 6) is 0.0496. The summed E-state index contributed by atoms with van der Waals surface area (Å²) in [6.45, 7) is 3.33. The third-order valence-electron chi connectivity index (χ3n) is 6.30. The molecule has 1 aliphatic heterocycles. The van der Waals surface area contributed by atoms with Crippen molar-refractivity contribution in [3.63, 3.8) is 0 Å². The summed E-state index contributed by atoms with van der Waals surface area (Å²) in [5, 5.41) is 19.9. The number of aryl methyl sites for hydroxylation is 1. The number of halogens is 2. The lowest BCUT2D eigenvalue weighted by atomic mass is 10.1. The van der Waals surface area contributed by atoms with Gasteiger partial charge in [0.15, 0.2) is 11.5 Å². The van der Waals surface area contributed by atoms with E-state index in [-0.39, 0.29) is 24.7 Å². The molecule has 218 valence electrons. The predicted octanol–water partition coefficient (Wildman–Crippen LogP) is 5.87. The zero-order chi connectivity index (χ0) is 29.6. The van der Waals surface area contributed by atoms with Crippen molar-refractivity contribution in [1.29, 1.82) is 0 Å². The molecular weight excluding hydrogens is 548 g/mol. The zero-order valence-corrected chi connectivity index (χ0v) is 22.9. The number of pyridine rings is 1. The number of fused-ring (bicyclic) bond motifs is 2. The van der Waals surface area contributed by atoms with Crippen molar-refractivity contribution in [3.05, 3.63) is 90.0 Å². The molecular formula is C31H29F2N3O6. The van der Waals surface area contributed by atoms with Crippen molar-refractivity contribution in [1.82, 2.24) is 9.38 Å². The molecule has 0 bridgehead atoms. The Morgan fingerprint density at radius 1 is 0.881 bits per heavy atom. The lowest BCUT2D eigenvalue weighted by Crippen LogP contribution is -2.15. The van der Waals surface area contributed by atoms with E-state index < -0.39 is 22.9 Å². The molecule has 3 N–H and O–H groups in total. The number of aromatic nitrogens is 2. The standard InChI is InChI=1S/C30H25F2N3O5.CH4O/c1-18-5-8-21(9-6-18)37-11-14-40-27-4-2-3-26-34-29(28-22(31)16-20(36)17-23(28)32)30(35(26)27)33-19-7-10-24-25(15-19)39-13-12-38-24;1-2/h2-10,15-17,33,36H,11-14H2,1H3;2H,1H3. The minimum Gasteiger partial charge on any atom is -0.508 e. The number of aliphatic hydroxyl groups is 1. The van der Waals surface area contributed by atoms with Crippen LogP contribution in [0.1, 0.15) is 5.56 Å². The highest BCUT2D eigenvalue weighted by molar-refractivity contribution is 5.81. The molecule has 3 aromatic carbocycles. The molecule has 0 aliphatic carbocycles. The highest BCUT2D eigenvalue weighted by Gasteiger charge is 2.24. The number of phenolic OH excluding ortho intramolecular Hbond substituents is 1. The first-order valence-electron chi connectivity index (χ1n) is 13.1. The molecule has 9 nitrogen and oxygen atoms in total. The molecule has 0 unspecified atom stereocenters. The first-order valence-corrected chi connectivity index (χ1v) is 13.1. The van der Waals surface area contributed by atoms with Crippen LogP contribution in [0, 0.1) is 18.6 Å². The molecule has 0 saturated carbocycles. The van der Waals surface area contributed by atoms with Crippen molar-refractivity contribution in [2.24, 2.45) is 0 Å². The Labute approximate surface area is 240 Å². The second kappa shape index (κ2) is 12.6. The van der Waals surface area contributed by atoms with E-state index in [0.717, 1.165) is 30.6 Å². The van der Waals surface area contributed by atoms with Crippen molar-refractivity contribution in [2.75, 3.05) is 38.9 Å². The second-order valence-electron chi connectivity index (χ2n) is 9.14. The fraction of sp³-hybridized carbons (Fsp3) is 0.194. The summed E-state index contributed by atoms with van der Waals surface area (Å²) < 4.78 is 54.8. The molecule has 2 aromatic heterocycles. The highest BCUT2D eigenvalue weighted by Crippen LogP contribution is 2.39. The van der Waals surface area contributed by atoms with Crippen LogP contribution in [0.5, 0.6) is 28.9 Å². The van der Waals surface area contributed by atoms with Gasteiger partial charge in [0.1, 0.15) is 66.7 Å². The number of phenols is 1. The molecule has 0 spiro atoms. The Morgan fingerprint density at radius 3 is 2.31 bits per heavy atom. The van der Waals surface area contributed by atoms with Crippen molar-refractivity contribution in [3.8, 4) is 40.1 Å². The summed E-state index contributed by atoms with van der Waals surface area (Å²) in [4.78, 5) is 4.53. The number of aliphatic hydroxyl groups excluding tert-OH is 1. The number of nitrogens with one attached hydrogen (secondary N) is 1. The van der Waals surface area contributed by atoms with E-state index in [9.17, 15) is 5.11 Å². The summed E-state index contributed by atoms with van der Waals surface area (Å²) in [6, 6.07) is 19.8. The quantitative estimate of drug-likeness (QED) is 0.197. The van der Waals surface area contributed by atoms with Gasteiger partial charge in [-0.3, -0.25) is 0 Å². The van der Waals surface area contributed by atoms with Gasteiger partial charge in [0.25, 0.3) is 0 Å². The average molecular weight is 578 g/mol. The lowest BCUT2D eigenvalue weighted by molar-refractivity contribution is 0.171. The lowest BCUT2D eigenvalue weighted by Gasteiger charge is -2.19. The number of benzene rings is 3. The monoisotopic (exact) mass is 577 g/mol. The summed E-state index contributed by atoms with van der Waals surface area (Å²) in [7, 11) is 1.00.